The van der Waals surface area contributed by atoms with Gasteiger partial charge in [0.1, 0.15) is 10.4 Å². The van der Waals surface area contributed by atoms with Crippen molar-refractivity contribution in [1.29, 1.82) is 0 Å². The zero-order valence-electron chi connectivity index (χ0n) is 17.7. The number of quaternary nitrogens is 1. The van der Waals surface area contributed by atoms with E-state index in [0.717, 1.165) is 22.0 Å². The maximum Gasteiger partial charge on any atom is 0.329 e. The number of hydrogen-bond acceptors (Lipinski definition) is 4. The third-order valence-electron chi connectivity index (χ3n) is 6.80. The number of carbonyl (C=O) groups is 2. The first kappa shape index (κ1) is 23.0. The molecule has 12 heteroatoms. The number of benzene rings is 1. The Bertz CT molecular complexity index is 1040. The summed E-state index contributed by atoms with van der Waals surface area (Å²) >= 11 is 0. The van der Waals surface area contributed by atoms with Gasteiger partial charge < -0.3 is 10.2 Å². The maximum absolute atomic E-state index is 14.0. The molecule has 3 fully saturated rings. The van der Waals surface area contributed by atoms with E-state index in [9.17, 15) is 31.2 Å². The average Bonchev–Trinajstić information content (AvgIpc) is 2.98. The molecule has 0 aromatic heterocycles. The van der Waals surface area contributed by atoms with Gasteiger partial charge in [-0.15, -0.1) is 0 Å². The van der Waals surface area contributed by atoms with Gasteiger partial charge in [0, 0.05) is 0 Å². The first-order valence-electron chi connectivity index (χ1n) is 10.7. The molecule has 3 amide bonds. The van der Waals surface area contributed by atoms with Crippen LogP contribution in [0.15, 0.2) is 17.0 Å². The molecule has 2 saturated heterocycles. The predicted molar refractivity (Wildman–Crippen MR) is 106 cm³/mol. The second-order valence-electron chi connectivity index (χ2n) is 8.91. The molecule has 0 unspecified atom stereocenters. The molecule has 1 aromatic carbocycles. The Labute approximate surface area is 184 Å². The van der Waals surface area contributed by atoms with Crippen molar-refractivity contribution in [1.82, 2.24) is 14.5 Å². The number of rotatable bonds is 4. The standard InChI is InChI=1S/C20H25F3N4O4S/c1-13-4-6-20(7-5-13)18(28)27(19(29)24-20)12-25-8-10-26(11-9-25)32(30,31)15-3-2-14(21)16(22)17(15)23/h2-3,13H,4-12H2,1H3,(H,24,29)/p+1. The zero-order valence-corrected chi connectivity index (χ0v) is 18.5. The van der Waals surface area contributed by atoms with Gasteiger partial charge in [-0.05, 0) is 43.7 Å². The van der Waals surface area contributed by atoms with Crippen LogP contribution in [0, 0.1) is 23.4 Å². The molecule has 2 N–H and O–H groups in total. The fourth-order valence-electron chi connectivity index (χ4n) is 4.68. The second-order valence-corrected chi connectivity index (χ2v) is 10.8. The van der Waals surface area contributed by atoms with Crippen molar-refractivity contribution in [3.8, 4) is 0 Å². The van der Waals surface area contributed by atoms with Crippen LogP contribution in [0.4, 0.5) is 18.0 Å². The van der Waals surface area contributed by atoms with Crippen LogP contribution >= 0.6 is 0 Å². The van der Waals surface area contributed by atoms with Crippen molar-refractivity contribution in [2.24, 2.45) is 5.92 Å². The summed E-state index contributed by atoms with van der Waals surface area (Å²) in [6, 6.07) is 0.850. The number of hydrogen-bond donors (Lipinski definition) is 2. The summed E-state index contributed by atoms with van der Waals surface area (Å²) in [4.78, 5) is 26.6. The van der Waals surface area contributed by atoms with Crippen molar-refractivity contribution in [2.75, 3.05) is 32.8 Å². The predicted octanol–water partition coefficient (Wildman–Crippen LogP) is 0.451. The lowest BCUT2D eigenvalue weighted by Gasteiger charge is -2.34. The van der Waals surface area contributed by atoms with Crippen LogP contribution < -0.4 is 10.2 Å². The van der Waals surface area contributed by atoms with Gasteiger partial charge >= 0.3 is 6.03 Å². The highest BCUT2D eigenvalue weighted by atomic mass is 32.2. The summed E-state index contributed by atoms with van der Waals surface area (Å²) in [7, 11) is -4.35. The SMILES string of the molecule is CC1CCC2(CC1)NC(=O)N(C[NH+]1CCN(S(=O)(=O)c3ccc(F)c(F)c3F)CC1)C2=O. The third kappa shape index (κ3) is 3.88. The summed E-state index contributed by atoms with van der Waals surface area (Å²) in [6.07, 6.45) is 2.94. The summed E-state index contributed by atoms with van der Waals surface area (Å²) in [5.41, 5.74) is -0.835. The van der Waals surface area contributed by atoms with Crippen LogP contribution in [-0.2, 0) is 14.8 Å². The minimum Gasteiger partial charge on any atom is -0.323 e. The van der Waals surface area contributed by atoms with Gasteiger partial charge in [-0.25, -0.2) is 31.3 Å². The average molecular weight is 476 g/mol. The Balaban J connectivity index is 1.40. The van der Waals surface area contributed by atoms with Crippen LogP contribution in [0.2, 0.25) is 0 Å². The van der Waals surface area contributed by atoms with E-state index in [0.29, 0.717) is 30.9 Å². The molecule has 2 aliphatic heterocycles. The normalized spacial score (nSPS) is 27.9. The maximum atomic E-state index is 14.0. The molecular weight excluding hydrogens is 449 g/mol. The number of amides is 3. The molecule has 4 rings (SSSR count). The van der Waals surface area contributed by atoms with Crippen molar-refractivity contribution in [3.05, 3.63) is 29.6 Å². The zero-order chi connectivity index (χ0) is 23.3. The van der Waals surface area contributed by atoms with E-state index in [4.69, 9.17) is 0 Å². The molecular formula is C20H26F3N4O4S+. The minimum atomic E-state index is -4.35. The monoisotopic (exact) mass is 475 g/mol. The summed E-state index contributed by atoms with van der Waals surface area (Å²) in [5, 5.41) is 2.86. The minimum absolute atomic E-state index is 0.0115. The molecule has 1 saturated carbocycles. The van der Waals surface area contributed by atoms with Gasteiger partial charge in [0.25, 0.3) is 5.91 Å². The second kappa shape index (κ2) is 8.31. The first-order chi connectivity index (χ1) is 15.0. The number of nitrogens with one attached hydrogen (secondary N) is 2. The Morgan fingerprint density at radius 3 is 2.34 bits per heavy atom. The number of carbonyl (C=O) groups excluding carboxylic acids is 2. The topological polar surface area (TPSA) is 91.2 Å². The van der Waals surface area contributed by atoms with Gasteiger partial charge in [-0.2, -0.15) is 4.31 Å². The van der Waals surface area contributed by atoms with E-state index in [1.807, 2.05) is 0 Å². The van der Waals surface area contributed by atoms with Gasteiger partial charge in [0.15, 0.2) is 24.1 Å². The van der Waals surface area contributed by atoms with Crippen molar-refractivity contribution in [3.63, 3.8) is 0 Å². The Kier molecular flexibility index (Phi) is 5.97. The Morgan fingerprint density at radius 1 is 1.09 bits per heavy atom. The number of nitrogens with zero attached hydrogens (tertiary/aromatic N) is 2. The highest BCUT2D eigenvalue weighted by molar-refractivity contribution is 7.89. The van der Waals surface area contributed by atoms with E-state index in [-0.39, 0.29) is 38.8 Å². The van der Waals surface area contributed by atoms with Gasteiger partial charge in [0.2, 0.25) is 10.0 Å². The first-order valence-corrected chi connectivity index (χ1v) is 12.1. The van der Waals surface area contributed by atoms with E-state index in [2.05, 4.69) is 12.2 Å². The number of halogens is 3. The molecule has 0 bridgehead atoms. The molecule has 32 heavy (non-hydrogen) atoms. The van der Waals surface area contributed by atoms with E-state index in [1.165, 1.54) is 4.90 Å². The third-order valence-corrected chi connectivity index (χ3v) is 8.72. The molecule has 1 aliphatic carbocycles. The lowest BCUT2D eigenvalue weighted by molar-refractivity contribution is -0.910. The van der Waals surface area contributed by atoms with E-state index in [1.54, 1.807) is 0 Å². The summed E-state index contributed by atoms with van der Waals surface area (Å²) in [6.45, 7) is 2.74. The van der Waals surface area contributed by atoms with Crippen molar-refractivity contribution < 1.29 is 36.1 Å². The number of urea groups is 1. The molecule has 3 aliphatic rings. The fraction of sp³-hybridized carbons (Fsp3) is 0.600. The molecule has 1 aromatic rings. The molecule has 1 spiro atoms. The number of sulfonamides is 1. The lowest BCUT2D eigenvalue weighted by atomic mass is 9.77. The number of piperazine rings is 1. The van der Waals surface area contributed by atoms with E-state index < -0.39 is 43.9 Å². The van der Waals surface area contributed by atoms with E-state index >= 15 is 0 Å². The molecule has 0 atom stereocenters. The highest BCUT2D eigenvalue weighted by Crippen LogP contribution is 2.36. The van der Waals surface area contributed by atoms with Crippen molar-refractivity contribution >= 4 is 22.0 Å². The van der Waals surface area contributed by atoms with Crippen molar-refractivity contribution in [2.45, 2.75) is 43.0 Å². The molecule has 0 radical (unpaired) electrons. The van der Waals surface area contributed by atoms with Gasteiger partial charge in [-0.3, -0.25) is 4.79 Å². The van der Waals surface area contributed by atoms with Gasteiger partial charge in [-0.1, -0.05) is 6.92 Å². The highest BCUT2D eigenvalue weighted by Gasteiger charge is 2.53. The molecule has 2 heterocycles. The molecule has 176 valence electrons. The quantitative estimate of drug-likeness (QED) is 0.489. The molecule has 8 nitrogen and oxygen atoms in total. The van der Waals surface area contributed by atoms with Gasteiger partial charge in [0.05, 0.1) is 26.2 Å². The van der Waals surface area contributed by atoms with Crippen LogP contribution in [0.1, 0.15) is 32.6 Å². The van der Waals surface area contributed by atoms with Crippen LogP contribution in [-0.4, -0.2) is 67.9 Å². The lowest BCUT2D eigenvalue weighted by Crippen LogP contribution is -3.16. The van der Waals surface area contributed by atoms with Crippen LogP contribution in [0.5, 0.6) is 0 Å². The number of imide groups is 1. The Hall–Kier alpha value is -2.18. The Morgan fingerprint density at radius 2 is 1.72 bits per heavy atom. The van der Waals surface area contributed by atoms with Crippen LogP contribution in [0.25, 0.3) is 0 Å². The largest absolute Gasteiger partial charge is 0.329 e. The smallest absolute Gasteiger partial charge is 0.323 e. The van der Waals surface area contributed by atoms with Crippen LogP contribution in [0.3, 0.4) is 0 Å². The summed E-state index contributed by atoms with van der Waals surface area (Å²) < 4.78 is 67.1. The summed E-state index contributed by atoms with van der Waals surface area (Å²) in [5.74, 6) is -4.76. The fourth-order valence-corrected chi connectivity index (χ4v) is 6.18.